The Morgan fingerprint density at radius 1 is 0.939 bits per heavy atom. The van der Waals surface area contributed by atoms with Crippen LogP contribution in [-0.4, -0.2) is 43.2 Å². The number of piperidine rings is 3. The fourth-order valence-corrected chi connectivity index (χ4v) is 5.86. The zero-order valence-electron chi connectivity index (χ0n) is 19.2. The van der Waals surface area contributed by atoms with E-state index in [0.29, 0.717) is 29.5 Å². The minimum Gasteiger partial charge on any atom is -0.465 e. The second kappa shape index (κ2) is 9.90. The van der Waals surface area contributed by atoms with Crippen molar-refractivity contribution < 1.29 is 9.53 Å². The van der Waals surface area contributed by atoms with E-state index in [0.717, 1.165) is 12.1 Å². The number of nitrogens with one attached hydrogen (secondary N) is 1. The van der Waals surface area contributed by atoms with Gasteiger partial charge in [-0.25, -0.2) is 4.79 Å². The molecule has 4 nitrogen and oxygen atoms in total. The minimum atomic E-state index is -0.286. The van der Waals surface area contributed by atoms with Gasteiger partial charge in [-0.2, -0.15) is 0 Å². The molecular formula is C29H32N2O2. The Kier molecular flexibility index (Phi) is 6.56. The van der Waals surface area contributed by atoms with Crippen molar-refractivity contribution in [1.29, 1.82) is 0 Å². The van der Waals surface area contributed by atoms with Crippen molar-refractivity contribution in [3.63, 3.8) is 0 Å². The molecule has 3 aromatic carbocycles. The monoisotopic (exact) mass is 440 g/mol. The smallest absolute Gasteiger partial charge is 0.337 e. The van der Waals surface area contributed by atoms with Crippen LogP contribution in [0.25, 0.3) is 0 Å². The Labute approximate surface area is 196 Å². The number of rotatable bonds is 7. The number of carbonyl (C=O) groups excluding carboxylic acids is 1. The average molecular weight is 441 g/mol. The number of fused-ring (bicyclic) bond motifs is 3. The van der Waals surface area contributed by atoms with E-state index in [1.165, 1.54) is 44.2 Å². The lowest BCUT2D eigenvalue weighted by Crippen LogP contribution is -2.64. The summed E-state index contributed by atoms with van der Waals surface area (Å²) in [6, 6.07) is 30.5. The first-order chi connectivity index (χ1) is 16.2. The Morgan fingerprint density at radius 3 is 2.18 bits per heavy atom. The van der Waals surface area contributed by atoms with Gasteiger partial charge in [-0.1, -0.05) is 72.8 Å². The molecule has 0 aliphatic carbocycles. The molecule has 3 saturated heterocycles. The van der Waals surface area contributed by atoms with Gasteiger partial charge in [0.15, 0.2) is 0 Å². The third kappa shape index (κ3) is 4.59. The predicted octanol–water partition coefficient (Wildman–Crippen LogP) is 4.86. The number of esters is 1. The first-order valence-electron chi connectivity index (χ1n) is 12.0. The fourth-order valence-electron chi connectivity index (χ4n) is 5.86. The van der Waals surface area contributed by atoms with Crippen molar-refractivity contribution in [3.8, 4) is 0 Å². The zero-order valence-corrected chi connectivity index (χ0v) is 19.2. The van der Waals surface area contributed by atoms with Crippen LogP contribution >= 0.6 is 0 Å². The summed E-state index contributed by atoms with van der Waals surface area (Å²) in [5, 5.41) is 3.93. The molecule has 0 saturated carbocycles. The zero-order chi connectivity index (χ0) is 22.6. The molecule has 3 fully saturated rings. The van der Waals surface area contributed by atoms with Crippen LogP contribution in [0.3, 0.4) is 0 Å². The van der Waals surface area contributed by atoms with Gasteiger partial charge in [-0.05, 0) is 60.7 Å². The van der Waals surface area contributed by atoms with Gasteiger partial charge in [-0.3, -0.25) is 4.90 Å². The van der Waals surface area contributed by atoms with Gasteiger partial charge in [-0.15, -0.1) is 0 Å². The van der Waals surface area contributed by atoms with Crippen LogP contribution in [0.4, 0.5) is 0 Å². The summed E-state index contributed by atoms with van der Waals surface area (Å²) in [5.41, 5.74) is 4.47. The molecule has 0 amide bonds. The highest BCUT2D eigenvalue weighted by atomic mass is 16.5. The maximum atomic E-state index is 12.0. The number of hydrogen-bond acceptors (Lipinski definition) is 4. The number of carbonyl (C=O) groups is 1. The molecule has 0 aromatic heterocycles. The molecule has 3 aromatic rings. The van der Waals surface area contributed by atoms with Crippen LogP contribution in [0.2, 0.25) is 0 Å². The van der Waals surface area contributed by atoms with Crippen molar-refractivity contribution in [2.24, 2.45) is 5.92 Å². The number of ether oxygens (including phenoxy) is 1. The minimum absolute atomic E-state index is 0.286. The molecule has 2 bridgehead atoms. The van der Waals surface area contributed by atoms with E-state index in [4.69, 9.17) is 4.74 Å². The molecule has 0 spiro atoms. The summed E-state index contributed by atoms with van der Waals surface area (Å²) in [7, 11) is 1.43. The molecule has 33 heavy (non-hydrogen) atoms. The summed E-state index contributed by atoms with van der Waals surface area (Å²) in [5.74, 6) is 0.693. The van der Waals surface area contributed by atoms with Crippen molar-refractivity contribution >= 4 is 5.97 Å². The molecule has 3 aliphatic rings. The number of hydrogen-bond donors (Lipinski definition) is 1. The van der Waals surface area contributed by atoms with Crippen LogP contribution in [0.1, 0.15) is 45.8 Å². The first kappa shape index (κ1) is 21.9. The summed E-state index contributed by atoms with van der Waals surface area (Å²) in [6.45, 7) is 3.08. The largest absolute Gasteiger partial charge is 0.465 e. The van der Waals surface area contributed by atoms with Gasteiger partial charge in [0.1, 0.15) is 0 Å². The van der Waals surface area contributed by atoms with E-state index in [-0.39, 0.29) is 5.97 Å². The van der Waals surface area contributed by atoms with Crippen molar-refractivity contribution in [2.45, 2.75) is 37.4 Å². The second-order valence-corrected chi connectivity index (χ2v) is 9.26. The molecule has 3 aliphatic heterocycles. The normalized spacial score (nSPS) is 24.1. The lowest BCUT2D eigenvalue weighted by Gasteiger charge is -2.54. The summed E-state index contributed by atoms with van der Waals surface area (Å²) < 4.78 is 4.91. The second-order valence-electron chi connectivity index (χ2n) is 9.26. The van der Waals surface area contributed by atoms with Crippen molar-refractivity contribution in [2.75, 3.05) is 20.2 Å². The van der Waals surface area contributed by atoms with Gasteiger partial charge in [0.2, 0.25) is 0 Å². The summed E-state index contributed by atoms with van der Waals surface area (Å²) >= 11 is 0. The quantitative estimate of drug-likeness (QED) is 0.533. The molecular weight excluding hydrogens is 408 g/mol. The topological polar surface area (TPSA) is 41.6 Å². The predicted molar refractivity (Wildman–Crippen MR) is 131 cm³/mol. The van der Waals surface area contributed by atoms with E-state index in [9.17, 15) is 4.79 Å². The Balaban J connectivity index is 1.45. The standard InChI is InChI=1S/C29H32N2O2/c1-33-29(32)25-14-8-9-21(19-25)20-30-27-24-15-17-31(18-16-24)28(27)26(22-10-4-2-5-11-22)23-12-6-3-7-13-23/h2-14,19,24,26-28,30H,15-18,20H2,1H3. The molecule has 4 heteroatoms. The number of methoxy groups -OCH3 is 1. The first-order valence-corrected chi connectivity index (χ1v) is 12.0. The molecule has 2 unspecified atom stereocenters. The highest BCUT2D eigenvalue weighted by molar-refractivity contribution is 5.89. The fraction of sp³-hybridized carbons (Fsp3) is 0.345. The molecule has 3 heterocycles. The summed E-state index contributed by atoms with van der Waals surface area (Å²) in [6.07, 6.45) is 2.49. The lowest BCUT2D eigenvalue weighted by molar-refractivity contribution is 0.00467. The third-order valence-corrected chi connectivity index (χ3v) is 7.42. The van der Waals surface area contributed by atoms with E-state index in [1.54, 1.807) is 0 Å². The number of benzene rings is 3. The van der Waals surface area contributed by atoms with Gasteiger partial charge in [0.25, 0.3) is 0 Å². The van der Waals surface area contributed by atoms with E-state index in [1.807, 2.05) is 18.2 Å². The van der Waals surface area contributed by atoms with Gasteiger partial charge in [0.05, 0.1) is 12.7 Å². The maximum Gasteiger partial charge on any atom is 0.337 e. The van der Waals surface area contributed by atoms with Crippen LogP contribution in [0.15, 0.2) is 84.9 Å². The maximum absolute atomic E-state index is 12.0. The Morgan fingerprint density at radius 2 is 1.58 bits per heavy atom. The van der Waals surface area contributed by atoms with Crippen LogP contribution < -0.4 is 5.32 Å². The molecule has 1 N–H and O–H groups in total. The van der Waals surface area contributed by atoms with Crippen LogP contribution in [0.5, 0.6) is 0 Å². The molecule has 2 atom stereocenters. The Bertz CT molecular complexity index is 1020. The van der Waals surface area contributed by atoms with Crippen LogP contribution in [0, 0.1) is 5.92 Å². The van der Waals surface area contributed by atoms with Gasteiger partial charge >= 0.3 is 5.97 Å². The van der Waals surface area contributed by atoms with Crippen molar-refractivity contribution in [3.05, 3.63) is 107 Å². The molecule has 0 radical (unpaired) electrons. The molecule has 6 rings (SSSR count). The average Bonchev–Trinajstić information content (AvgIpc) is 2.89. The lowest BCUT2D eigenvalue weighted by atomic mass is 9.70. The SMILES string of the molecule is COC(=O)c1cccc(CNC2C3CCN(CC3)C2C(c2ccccc2)c2ccccc2)c1. The van der Waals surface area contributed by atoms with E-state index in [2.05, 4.69) is 76.9 Å². The highest BCUT2D eigenvalue weighted by Crippen LogP contribution is 2.42. The van der Waals surface area contributed by atoms with Gasteiger partial charge < -0.3 is 10.1 Å². The van der Waals surface area contributed by atoms with E-state index >= 15 is 0 Å². The number of nitrogens with zero attached hydrogens (tertiary/aromatic N) is 1. The highest BCUT2D eigenvalue weighted by Gasteiger charge is 2.46. The Hall–Kier alpha value is -2.95. The van der Waals surface area contributed by atoms with Crippen LogP contribution in [-0.2, 0) is 11.3 Å². The van der Waals surface area contributed by atoms with E-state index < -0.39 is 0 Å². The molecule has 170 valence electrons. The third-order valence-electron chi connectivity index (χ3n) is 7.42. The van der Waals surface area contributed by atoms with Crippen molar-refractivity contribution in [1.82, 2.24) is 10.2 Å². The van der Waals surface area contributed by atoms with Gasteiger partial charge in [0, 0.05) is 24.5 Å². The summed E-state index contributed by atoms with van der Waals surface area (Å²) in [4.78, 5) is 14.7.